The molecule has 2 N–H and O–H groups in total. The summed E-state index contributed by atoms with van der Waals surface area (Å²) < 4.78 is 5.09. The van der Waals surface area contributed by atoms with E-state index in [2.05, 4.69) is 5.32 Å². The van der Waals surface area contributed by atoms with Crippen molar-refractivity contribution in [2.75, 3.05) is 13.7 Å². The second-order valence-corrected chi connectivity index (χ2v) is 5.78. The van der Waals surface area contributed by atoms with Crippen molar-refractivity contribution in [2.45, 2.75) is 25.7 Å². The number of hydrogen-bond donors (Lipinski definition) is 2. The Hall–Kier alpha value is -2.82. The van der Waals surface area contributed by atoms with Gasteiger partial charge in [0, 0.05) is 24.9 Å². The van der Waals surface area contributed by atoms with Crippen molar-refractivity contribution < 1.29 is 19.4 Å². The number of aromatic hydroxyl groups is 1. The molecule has 5 heteroatoms. The summed E-state index contributed by atoms with van der Waals surface area (Å²) in [6.07, 6.45) is 1.98. The molecule has 132 valence electrons. The zero-order valence-corrected chi connectivity index (χ0v) is 14.3. The Balaban J connectivity index is 1.66. The van der Waals surface area contributed by atoms with Gasteiger partial charge in [-0.3, -0.25) is 9.59 Å². The van der Waals surface area contributed by atoms with Crippen molar-refractivity contribution in [3.8, 4) is 11.5 Å². The van der Waals surface area contributed by atoms with Gasteiger partial charge in [0.2, 0.25) is 5.91 Å². The van der Waals surface area contributed by atoms with Crippen LogP contribution in [0.3, 0.4) is 0 Å². The molecule has 1 amide bonds. The highest BCUT2D eigenvalue weighted by molar-refractivity contribution is 5.98. The first-order valence-corrected chi connectivity index (χ1v) is 8.30. The predicted molar refractivity (Wildman–Crippen MR) is 96.0 cm³/mol. The summed E-state index contributed by atoms with van der Waals surface area (Å²) in [7, 11) is 1.55. The van der Waals surface area contributed by atoms with Gasteiger partial charge >= 0.3 is 0 Å². The van der Waals surface area contributed by atoms with Gasteiger partial charge < -0.3 is 15.2 Å². The van der Waals surface area contributed by atoms with E-state index in [-0.39, 0.29) is 30.3 Å². The van der Waals surface area contributed by atoms with Crippen LogP contribution in [0.25, 0.3) is 0 Å². The molecule has 0 saturated heterocycles. The number of Topliss-reactive ketones (excluding diaryl/α,β-unsaturated/α-hetero) is 1. The van der Waals surface area contributed by atoms with Crippen molar-refractivity contribution in [3.63, 3.8) is 0 Å². The molecule has 0 saturated carbocycles. The van der Waals surface area contributed by atoms with Gasteiger partial charge in [-0.15, -0.1) is 0 Å². The van der Waals surface area contributed by atoms with Crippen LogP contribution in [0.4, 0.5) is 0 Å². The molecule has 0 spiro atoms. The number of ether oxygens (including phenoxy) is 1. The summed E-state index contributed by atoms with van der Waals surface area (Å²) in [5.74, 6) is 0.683. The normalized spacial score (nSPS) is 10.3. The standard InChI is InChI=1S/C20H23NO4/c1-25-18-6-2-5-16(14-18)19(23)11-12-20(24)21-13-3-4-15-7-9-17(22)10-8-15/h2,5-10,14,22H,3-4,11-13H2,1H3,(H,21,24). The Morgan fingerprint density at radius 3 is 2.56 bits per heavy atom. The van der Waals surface area contributed by atoms with Crippen LogP contribution < -0.4 is 10.1 Å². The van der Waals surface area contributed by atoms with Crippen molar-refractivity contribution in [2.24, 2.45) is 0 Å². The van der Waals surface area contributed by atoms with Crippen LogP contribution in [0.5, 0.6) is 11.5 Å². The second kappa shape index (κ2) is 9.47. The minimum atomic E-state index is -0.123. The van der Waals surface area contributed by atoms with E-state index in [4.69, 9.17) is 4.74 Å². The number of carbonyl (C=O) groups is 2. The molecule has 0 bridgehead atoms. The highest BCUT2D eigenvalue weighted by atomic mass is 16.5. The number of amides is 1. The number of methoxy groups -OCH3 is 1. The number of carbonyl (C=O) groups excluding carboxylic acids is 2. The summed E-state index contributed by atoms with van der Waals surface area (Å²) in [6, 6.07) is 14.0. The predicted octanol–water partition coefficient (Wildman–Crippen LogP) is 3.11. The van der Waals surface area contributed by atoms with Crippen LogP contribution >= 0.6 is 0 Å². The summed E-state index contributed by atoms with van der Waals surface area (Å²) in [6.45, 7) is 0.563. The minimum Gasteiger partial charge on any atom is -0.508 e. The third-order valence-corrected chi connectivity index (χ3v) is 3.87. The van der Waals surface area contributed by atoms with E-state index in [0.29, 0.717) is 17.9 Å². The minimum absolute atomic E-state index is 0.0712. The van der Waals surface area contributed by atoms with Gasteiger partial charge in [0.1, 0.15) is 11.5 Å². The topological polar surface area (TPSA) is 75.6 Å². The number of rotatable bonds is 9. The fourth-order valence-corrected chi connectivity index (χ4v) is 2.44. The molecule has 2 aromatic carbocycles. The molecule has 0 aromatic heterocycles. The van der Waals surface area contributed by atoms with Gasteiger partial charge in [0.05, 0.1) is 7.11 Å². The Morgan fingerprint density at radius 2 is 1.84 bits per heavy atom. The van der Waals surface area contributed by atoms with Gasteiger partial charge in [-0.05, 0) is 42.7 Å². The van der Waals surface area contributed by atoms with Gasteiger partial charge in [0.15, 0.2) is 5.78 Å². The first kappa shape index (κ1) is 18.5. The first-order chi connectivity index (χ1) is 12.1. The molecule has 0 radical (unpaired) electrons. The van der Waals surface area contributed by atoms with Crippen LogP contribution in [-0.4, -0.2) is 30.5 Å². The van der Waals surface area contributed by atoms with E-state index in [1.807, 2.05) is 12.1 Å². The van der Waals surface area contributed by atoms with Crippen molar-refractivity contribution >= 4 is 11.7 Å². The number of phenols is 1. The van der Waals surface area contributed by atoms with E-state index in [1.54, 1.807) is 43.5 Å². The lowest BCUT2D eigenvalue weighted by molar-refractivity contribution is -0.121. The molecule has 2 rings (SSSR count). The second-order valence-electron chi connectivity index (χ2n) is 5.78. The average molecular weight is 341 g/mol. The maximum Gasteiger partial charge on any atom is 0.220 e. The molecule has 25 heavy (non-hydrogen) atoms. The fourth-order valence-electron chi connectivity index (χ4n) is 2.44. The summed E-state index contributed by atoms with van der Waals surface area (Å²) >= 11 is 0. The molecule has 5 nitrogen and oxygen atoms in total. The number of hydrogen-bond acceptors (Lipinski definition) is 4. The molecular formula is C20H23NO4. The molecular weight excluding hydrogens is 318 g/mol. The molecule has 0 unspecified atom stereocenters. The quantitative estimate of drug-likeness (QED) is 0.543. The van der Waals surface area contributed by atoms with Crippen LogP contribution in [0.15, 0.2) is 48.5 Å². The smallest absolute Gasteiger partial charge is 0.220 e. The highest BCUT2D eigenvalue weighted by Crippen LogP contribution is 2.14. The molecule has 0 aliphatic heterocycles. The van der Waals surface area contributed by atoms with Crippen LogP contribution in [0.2, 0.25) is 0 Å². The SMILES string of the molecule is COc1cccc(C(=O)CCC(=O)NCCCc2ccc(O)cc2)c1. The Bertz CT molecular complexity index is 710. The Morgan fingerprint density at radius 1 is 1.08 bits per heavy atom. The number of phenolic OH excluding ortho intramolecular Hbond substituents is 1. The monoisotopic (exact) mass is 341 g/mol. The zero-order valence-electron chi connectivity index (χ0n) is 14.3. The summed E-state index contributed by atoms with van der Waals surface area (Å²) in [5.41, 5.74) is 1.67. The molecule has 0 aliphatic rings. The molecule has 0 aliphatic carbocycles. The van der Waals surface area contributed by atoms with E-state index >= 15 is 0 Å². The molecule has 0 fully saturated rings. The lowest BCUT2D eigenvalue weighted by Gasteiger charge is -2.06. The van der Waals surface area contributed by atoms with Gasteiger partial charge in [-0.2, -0.15) is 0 Å². The maximum absolute atomic E-state index is 12.1. The lowest BCUT2D eigenvalue weighted by atomic mass is 10.1. The summed E-state index contributed by atoms with van der Waals surface area (Å²) in [5, 5.41) is 12.1. The molecule has 0 atom stereocenters. The number of ketones is 1. The largest absolute Gasteiger partial charge is 0.508 e. The van der Waals surface area contributed by atoms with Gasteiger partial charge in [-0.1, -0.05) is 24.3 Å². The lowest BCUT2D eigenvalue weighted by Crippen LogP contribution is -2.25. The van der Waals surface area contributed by atoms with Crippen molar-refractivity contribution in [1.82, 2.24) is 5.32 Å². The highest BCUT2D eigenvalue weighted by Gasteiger charge is 2.10. The van der Waals surface area contributed by atoms with Crippen LogP contribution in [0, 0.1) is 0 Å². The Labute approximate surface area is 147 Å². The van der Waals surface area contributed by atoms with Gasteiger partial charge in [0.25, 0.3) is 0 Å². The average Bonchev–Trinajstić information content (AvgIpc) is 2.64. The number of aryl methyl sites for hydroxylation is 1. The van der Waals surface area contributed by atoms with Crippen molar-refractivity contribution in [3.05, 3.63) is 59.7 Å². The van der Waals surface area contributed by atoms with E-state index in [9.17, 15) is 14.7 Å². The van der Waals surface area contributed by atoms with E-state index < -0.39 is 0 Å². The number of nitrogens with one attached hydrogen (secondary N) is 1. The first-order valence-electron chi connectivity index (χ1n) is 8.30. The van der Waals surface area contributed by atoms with E-state index in [1.165, 1.54) is 0 Å². The fraction of sp³-hybridized carbons (Fsp3) is 0.300. The number of benzene rings is 2. The maximum atomic E-state index is 12.1. The van der Waals surface area contributed by atoms with Gasteiger partial charge in [-0.25, -0.2) is 0 Å². The molecule has 0 heterocycles. The summed E-state index contributed by atoms with van der Waals surface area (Å²) in [4.78, 5) is 23.9. The Kier molecular flexibility index (Phi) is 7.01. The zero-order chi connectivity index (χ0) is 18.1. The van der Waals surface area contributed by atoms with Crippen LogP contribution in [-0.2, 0) is 11.2 Å². The molecule has 2 aromatic rings. The van der Waals surface area contributed by atoms with E-state index in [0.717, 1.165) is 18.4 Å². The van der Waals surface area contributed by atoms with Crippen LogP contribution in [0.1, 0.15) is 35.2 Å². The third kappa shape index (κ3) is 6.30. The van der Waals surface area contributed by atoms with Crippen molar-refractivity contribution in [1.29, 1.82) is 0 Å². The third-order valence-electron chi connectivity index (χ3n) is 3.87.